The predicted octanol–water partition coefficient (Wildman–Crippen LogP) is 2.51. The van der Waals surface area contributed by atoms with Gasteiger partial charge in [-0.15, -0.1) is 0 Å². The SMILES string of the molecule is CN(C)c1cc[c]c2ccc[c]c12. The normalized spacial score (nSPS) is 10.3. The van der Waals surface area contributed by atoms with Crippen molar-refractivity contribution in [1.82, 2.24) is 0 Å². The summed E-state index contributed by atoms with van der Waals surface area (Å²) in [5.74, 6) is 0. The molecule has 0 saturated carbocycles. The summed E-state index contributed by atoms with van der Waals surface area (Å²) in [6.07, 6.45) is 0. The third kappa shape index (κ3) is 1.37. The van der Waals surface area contributed by atoms with Gasteiger partial charge in [-0.1, -0.05) is 24.3 Å². The zero-order valence-electron chi connectivity index (χ0n) is 7.83. The minimum absolute atomic E-state index is 1.12. The van der Waals surface area contributed by atoms with E-state index in [1.807, 2.05) is 32.3 Å². The van der Waals surface area contributed by atoms with Crippen molar-refractivity contribution in [3.63, 3.8) is 0 Å². The smallest absolute Gasteiger partial charge is 0.0447 e. The summed E-state index contributed by atoms with van der Waals surface area (Å²) in [7, 11) is 4.07. The Hall–Kier alpha value is -1.50. The van der Waals surface area contributed by atoms with Crippen LogP contribution < -0.4 is 4.90 Å². The van der Waals surface area contributed by atoms with Crippen molar-refractivity contribution < 1.29 is 0 Å². The molecule has 0 fully saturated rings. The predicted molar refractivity (Wildman–Crippen MR) is 55.9 cm³/mol. The Morgan fingerprint density at radius 1 is 1.08 bits per heavy atom. The molecule has 64 valence electrons. The first-order valence-corrected chi connectivity index (χ1v) is 4.27. The maximum Gasteiger partial charge on any atom is 0.0447 e. The molecular formula is C12H11N. The Morgan fingerprint density at radius 3 is 2.69 bits per heavy atom. The van der Waals surface area contributed by atoms with Crippen LogP contribution in [0.1, 0.15) is 0 Å². The highest BCUT2D eigenvalue weighted by molar-refractivity contribution is 5.93. The van der Waals surface area contributed by atoms with Gasteiger partial charge in [-0.05, 0) is 23.6 Å². The Labute approximate surface area is 78.6 Å². The van der Waals surface area contributed by atoms with Gasteiger partial charge in [0.1, 0.15) is 0 Å². The zero-order valence-corrected chi connectivity index (χ0v) is 7.83. The Kier molecular flexibility index (Phi) is 1.93. The van der Waals surface area contributed by atoms with Crippen LogP contribution >= 0.6 is 0 Å². The van der Waals surface area contributed by atoms with E-state index in [-0.39, 0.29) is 0 Å². The number of benzene rings is 2. The second-order valence-corrected chi connectivity index (χ2v) is 3.22. The highest BCUT2D eigenvalue weighted by atomic mass is 15.1. The van der Waals surface area contributed by atoms with E-state index in [1.54, 1.807) is 0 Å². The number of anilines is 1. The molecule has 0 aliphatic heterocycles. The first-order valence-electron chi connectivity index (χ1n) is 4.27. The molecule has 0 heterocycles. The molecule has 2 radical (unpaired) electrons. The van der Waals surface area contributed by atoms with Crippen molar-refractivity contribution in [2.24, 2.45) is 0 Å². The van der Waals surface area contributed by atoms with E-state index in [0.29, 0.717) is 0 Å². The van der Waals surface area contributed by atoms with Crippen molar-refractivity contribution in [2.75, 3.05) is 19.0 Å². The van der Waals surface area contributed by atoms with Crippen LogP contribution in [0.3, 0.4) is 0 Å². The van der Waals surface area contributed by atoms with E-state index >= 15 is 0 Å². The summed E-state index contributed by atoms with van der Waals surface area (Å²) in [6.45, 7) is 0. The molecule has 0 saturated heterocycles. The Balaban J connectivity index is 2.76. The molecule has 1 nitrogen and oxygen atoms in total. The Bertz CT molecular complexity index is 413. The Morgan fingerprint density at radius 2 is 1.92 bits per heavy atom. The second-order valence-electron chi connectivity index (χ2n) is 3.22. The number of nitrogens with zero attached hydrogens (tertiary/aromatic N) is 1. The molecule has 1 heteroatoms. The van der Waals surface area contributed by atoms with Gasteiger partial charge in [0.05, 0.1) is 0 Å². The fourth-order valence-corrected chi connectivity index (χ4v) is 1.44. The number of fused-ring (bicyclic) bond motifs is 1. The van der Waals surface area contributed by atoms with E-state index in [9.17, 15) is 0 Å². The minimum atomic E-state index is 1.12. The number of rotatable bonds is 1. The monoisotopic (exact) mass is 169 g/mol. The summed E-state index contributed by atoms with van der Waals surface area (Å²) < 4.78 is 0. The van der Waals surface area contributed by atoms with Crippen LogP contribution in [-0.4, -0.2) is 14.1 Å². The van der Waals surface area contributed by atoms with E-state index in [1.165, 1.54) is 5.69 Å². The lowest BCUT2D eigenvalue weighted by Crippen LogP contribution is -2.08. The first-order chi connectivity index (χ1) is 6.29. The molecule has 0 spiro atoms. The van der Waals surface area contributed by atoms with Gasteiger partial charge in [0.15, 0.2) is 0 Å². The molecule has 0 N–H and O–H groups in total. The van der Waals surface area contributed by atoms with Gasteiger partial charge in [0.2, 0.25) is 0 Å². The van der Waals surface area contributed by atoms with Crippen LogP contribution in [0.15, 0.2) is 30.3 Å². The maximum absolute atomic E-state index is 3.23. The van der Waals surface area contributed by atoms with Crippen LogP contribution in [0.4, 0.5) is 5.69 Å². The average Bonchev–Trinajstić information content (AvgIpc) is 2.17. The van der Waals surface area contributed by atoms with E-state index in [0.717, 1.165) is 10.8 Å². The zero-order chi connectivity index (χ0) is 9.26. The lowest BCUT2D eigenvalue weighted by atomic mass is 10.1. The van der Waals surface area contributed by atoms with E-state index < -0.39 is 0 Å². The lowest BCUT2D eigenvalue weighted by Gasteiger charge is -2.14. The molecule has 0 aliphatic rings. The topological polar surface area (TPSA) is 3.24 Å². The van der Waals surface area contributed by atoms with Crippen LogP contribution in [0.2, 0.25) is 0 Å². The average molecular weight is 169 g/mol. The molecule has 13 heavy (non-hydrogen) atoms. The van der Waals surface area contributed by atoms with Crippen LogP contribution in [0, 0.1) is 12.1 Å². The molecule has 2 aromatic rings. The van der Waals surface area contributed by atoms with Crippen LogP contribution in [0.25, 0.3) is 10.8 Å². The van der Waals surface area contributed by atoms with Crippen molar-refractivity contribution in [3.8, 4) is 0 Å². The highest BCUT2D eigenvalue weighted by Gasteiger charge is 2.00. The molecule has 0 unspecified atom stereocenters. The third-order valence-electron chi connectivity index (χ3n) is 2.07. The molecule has 0 bridgehead atoms. The number of hydrogen-bond acceptors (Lipinski definition) is 1. The quantitative estimate of drug-likeness (QED) is 0.634. The summed E-state index contributed by atoms with van der Waals surface area (Å²) in [6, 6.07) is 16.4. The number of hydrogen-bond donors (Lipinski definition) is 0. The van der Waals surface area contributed by atoms with Gasteiger partial charge < -0.3 is 4.90 Å². The largest absolute Gasteiger partial charge is 0.377 e. The standard InChI is InChI=1S/C12H11N/c1-13(2)12-9-5-7-10-6-3-4-8-11(10)12/h3-6,9H,1-2H3. The molecule has 0 atom stereocenters. The van der Waals surface area contributed by atoms with E-state index in [2.05, 4.69) is 29.2 Å². The van der Waals surface area contributed by atoms with Gasteiger partial charge in [-0.3, -0.25) is 0 Å². The molecular weight excluding hydrogens is 158 g/mol. The summed E-state index contributed by atoms with van der Waals surface area (Å²) in [5.41, 5.74) is 1.19. The summed E-state index contributed by atoms with van der Waals surface area (Å²) >= 11 is 0. The van der Waals surface area contributed by atoms with Gasteiger partial charge in [-0.2, -0.15) is 0 Å². The minimum Gasteiger partial charge on any atom is -0.377 e. The fraction of sp³-hybridized carbons (Fsp3) is 0.167. The van der Waals surface area contributed by atoms with Gasteiger partial charge in [0, 0.05) is 25.2 Å². The first kappa shape index (κ1) is 8.11. The highest BCUT2D eigenvalue weighted by Crippen LogP contribution is 2.23. The maximum atomic E-state index is 3.23. The van der Waals surface area contributed by atoms with Gasteiger partial charge >= 0.3 is 0 Å². The van der Waals surface area contributed by atoms with E-state index in [4.69, 9.17) is 0 Å². The van der Waals surface area contributed by atoms with Crippen molar-refractivity contribution in [3.05, 3.63) is 42.5 Å². The van der Waals surface area contributed by atoms with Crippen LogP contribution in [-0.2, 0) is 0 Å². The van der Waals surface area contributed by atoms with Gasteiger partial charge in [-0.25, -0.2) is 0 Å². The summed E-state index contributed by atoms with van der Waals surface area (Å²) in [5, 5.41) is 2.25. The van der Waals surface area contributed by atoms with Crippen molar-refractivity contribution >= 4 is 16.5 Å². The van der Waals surface area contributed by atoms with Crippen molar-refractivity contribution in [2.45, 2.75) is 0 Å². The lowest BCUT2D eigenvalue weighted by molar-refractivity contribution is 1.14. The molecule has 0 aliphatic carbocycles. The van der Waals surface area contributed by atoms with Crippen molar-refractivity contribution in [1.29, 1.82) is 0 Å². The molecule has 2 rings (SSSR count). The second kappa shape index (κ2) is 3.09. The third-order valence-corrected chi connectivity index (χ3v) is 2.07. The van der Waals surface area contributed by atoms with Crippen LogP contribution in [0.5, 0.6) is 0 Å². The molecule has 0 aromatic heterocycles. The summed E-state index contributed by atoms with van der Waals surface area (Å²) in [4.78, 5) is 2.09. The van der Waals surface area contributed by atoms with Gasteiger partial charge in [0.25, 0.3) is 0 Å². The fourth-order valence-electron chi connectivity index (χ4n) is 1.44. The molecule has 0 amide bonds. The molecule has 2 aromatic carbocycles.